The van der Waals surface area contributed by atoms with Crippen molar-refractivity contribution in [2.75, 3.05) is 33.8 Å². The summed E-state index contributed by atoms with van der Waals surface area (Å²) >= 11 is 0. The predicted molar refractivity (Wildman–Crippen MR) is 78.8 cm³/mol. The van der Waals surface area contributed by atoms with Gasteiger partial charge in [0, 0.05) is 12.1 Å². The maximum absolute atomic E-state index is 12.1. The minimum Gasteiger partial charge on any atom is -0.384 e. The van der Waals surface area contributed by atoms with E-state index in [0.29, 0.717) is 12.1 Å². The molecule has 0 fully saturated rings. The van der Waals surface area contributed by atoms with E-state index in [1.165, 1.54) is 12.1 Å². The Morgan fingerprint density at radius 1 is 1.35 bits per heavy atom. The molecule has 1 aromatic carbocycles. The first kappa shape index (κ1) is 16.7. The first-order chi connectivity index (χ1) is 9.45. The van der Waals surface area contributed by atoms with Crippen LogP contribution >= 0.6 is 0 Å². The molecule has 0 aliphatic rings. The van der Waals surface area contributed by atoms with Crippen LogP contribution < -0.4 is 4.72 Å². The van der Waals surface area contributed by atoms with Crippen molar-refractivity contribution in [3.63, 3.8) is 0 Å². The first-order valence-electron chi connectivity index (χ1n) is 6.30. The van der Waals surface area contributed by atoms with Crippen molar-refractivity contribution in [3.05, 3.63) is 29.8 Å². The van der Waals surface area contributed by atoms with Crippen molar-refractivity contribution in [1.29, 1.82) is 0 Å². The van der Waals surface area contributed by atoms with Crippen LogP contribution in [-0.4, -0.2) is 52.2 Å². The summed E-state index contributed by atoms with van der Waals surface area (Å²) in [5.41, 5.74) is 0.565. The smallest absolute Gasteiger partial charge is 0.240 e. The topological polar surface area (TPSA) is 69.6 Å². The molecule has 0 spiro atoms. The van der Waals surface area contributed by atoms with Gasteiger partial charge < -0.3 is 10.0 Å². The molecule has 0 atom stereocenters. The molecule has 0 radical (unpaired) electrons. The van der Waals surface area contributed by atoms with Crippen LogP contribution in [0.25, 0.3) is 0 Å². The van der Waals surface area contributed by atoms with Crippen molar-refractivity contribution in [3.8, 4) is 11.8 Å². The Labute approximate surface area is 120 Å². The Morgan fingerprint density at radius 2 is 2.10 bits per heavy atom. The highest BCUT2D eigenvalue weighted by molar-refractivity contribution is 7.89. The molecule has 0 aliphatic heterocycles. The highest BCUT2D eigenvalue weighted by atomic mass is 32.2. The fraction of sp³-hybridized carbons (Fsp3) is 0.429. The van der Waals surface area contributed by atoms with Crippen LogP contribution in [0.15, 0.2) is 29.2 Å². The molecule has 0 saturated heterocycles. The van der Waals surface area contributed by atoms with E-state index >= 15 is 0 Å². The average Bonchev–Trinajstić information content (AvgIpc) is 2.41. The number of aliphatic hydroxyl groups excluding tert-OH is 1. The van der Waals surface area contributed by atoms with Gasteiger partial charge in [-0.1, -0.05) is 17.9 Å². The first-order valence-corrected chi connectivity index (χ1v) is 7.78. The lowest BCUT2D eigenvalue weighted by atomic mass is 10.2. The fourth-order valence-electron chi connectivity index (χ4n) is 1.57. The number of rotatable bonds is 6. The standard InChI is InChI=1S/C14H20N2O3S/c1-16(2)10-5-9-15-20(18,19)14-8-3-6-13(12-14)7-4-11-17/h3,6,8,12,15,17H,5,9-11H2,1-2H3. The van der Waals surface area contributed by atoms with E-state index in [9.17, 15) is 8.42 Å². The van der Waals surface area contributed by atoms with Crippen LogP contribution in [0.2, 0.25) is 0 Å². The van der Waals surface area contributed by atoms with Crippen molar-refractivity contribution in [2.24, 2.45) is 0 Å². The molecule has 5 nitrogen and oxygen atoms in total. The van der Waals surface area contributed by atoms with Crippen molar-refractivity contribution < 1.29 is 13.5 Å². The second-order valence-corrected chi connectivity index (χ2v) is 6.31. The zero-order chi connectivity index (χ0) is 15.0. The third kappa shape index (κ3) is 5.72. The fourth-order valence-corrected chi connectivity index (χ4v) is 2.69. The molecule has 0 unspecified atom stereocenters. The number of nitrogens with one attached hydrogen (secondary N) is 1. The molecule has 0 bridgehead atoms. The highest BCUT2D eigenvalue weighted by Gasteiger charge is 2.13. The van der Waals surface area contributed by atoms with Gasteiger partial charge in [-0.25, -0.2) is 13.1 Å². The normalized spacial score (nSPS) is 11.2. The van der Waals surface area contributed by atoms with Crippen LogP contribution in [0.4, 0.5) is 0 Å². The van der Waals surface area contributed by atoms with Gasteiger partial charge in [0.25, 0.3) is 0 Å². The molecule has 1 rings (SSSR count). The Morgan fingerprint density at radius 3 is 2.75 bits per heavy atom. The molecule has 20 heavy (non-hydrogen) atoms. The van der Waals surface area contributed by atoms with Gasteiger partial charge in [-0.05, 0) is 45.3 Å². The van der Waals surface area contributed by atoms with Crippen molar-refractivity contribution in [2.45, 2.75) is 11.3 Å². The van der Waals surface area contributed by atoms with E-state index in [-0.39, 0.29) is 11.5 Å². The van der Waals surface area contributed by atoms with Gasteiger partial charge in [-0.3, -0.25) is 0 Å². The predicted octanol–water partition coefficient (Wildman–Crippen LogP) is 0.260. The van der Waals surface area contributed by atoms with Gasteiger partial charge in [-0.15, -0.1) is 0 Å². The molecule has 0 heterocycles. The summed E-state index contributed by atoms with van der Waals surface area (Å²) < 4.78 is 26.7. The minimum absolute atomic E-state index is 0.187. The SMILES string of the molecule is CN(C)CCCNS(=O)(=O)c1cccc(C#CCO)c1. The van der Waals surface area contributed by atoms with Gasteiger partial charge in [0.15, 0.2) is 0 Å². The maximum Gasteiger partial charge on any atom is 0.240 e. The molecule has 1 aromatic rings. The van der Waals surface area contributed by atoms with E-state index in [0.717, 1.165) is 13.0 Å². The summed E-state index contributed by atoms with van der Waals surface area (Å²) in [7, 11) is 0.380. The third-order valence-electron chi connectivity index (χ3n) is 2.53. The summed E-state index contributed by atoms with van der Waals surface area (Å²) in [6.45, 7) is 0.970. The Balaban J connectivity index is 2.72. The third-order valence-corrected chi connectivity index (χ3v) is 3.99. The molecule has 0 aliphatic carbocycles. The van der Waals surface area contributed by atoms with Crippen molar-refractivity contribution >= 4 is 10.0 Å². The number of aliphatic hydroxyl groups is 1. The molecule has 0 amide bonds. The Hall–Kier alpha value is -1.39. The molecule has 0 aromatic heterocycles. The van der Waals surface area contributed by atoms with Gasteiger partial charge in [-0.2, -0.15) is 0 Å². The highest BCUT2D eigenvalue weighted by Crippen LogP contribution is 2.10. The van der Waals surface area contributed by atoms with Crippen LogP contribution in [0.1, 0.15) is 12.0 Å². The quantitative estimate of drug-likeness (QED) is 0.584. The monoisotopic (exact) mass is 296 g/mol. The lowest BCUT2D eigenvalue weighted by Crippen LogP contribution is -2.27. The van der Waals surface area contributed by atoms with Crippen LogP contribution in [0.3, 0.4) is 0 Å². The van der Waals surface area contributed by atoms with E-state index in [1.54, 1.807) is 12.1 Å². The largest absolute Gasteiger partial charge is 0.384 e. The van der Waals surface area contributed by atoms with Gasteiger partial charge >= 0.3 is 0 Å². The number of sulfonamides is 1. The lowest BCUT2D eigenvalue weighted by molar-refractivity contribution is 0.350. The summed E-state index contributed by atoms with van der Waals surface area (Å²) in [4.78, 5) is 2.19. The van der Waals surface area contributed by atoms with E-state index < -0.39 is 10.0 Å². The number of hydrogen-bond acceptors (Lipinski definition) is 4. The Kier molecular flexibility index (Phi) is 6.68. The second kappa shape index (κ2) is 8.02. The van der Waals surface area contributed by atoms with Gasteiger partial charge in [0.2, 0.25) is 10.0 Å². The molecule has 110 valence electrons. The molecule has 2 N–H and O–H groups in total. The number of benzene rings is 1. The summed E-state index contributed by atoms with van der Waals surface area (Å²) in [5, 5.41) is 8.64. The summed E-state index contributed by atoms with van der Waals surface area (Å²) in [5.74, 6) is 5.18. The second-order valence-electron chi connectivity index (χ2n) is 4.54. The Bertz CT molecular complexity index is 586. The maximum atomic E-state index is 12.1. The molecular weight excluding hydrogens is 276 g/mol. The minimum atomic E-state index is -3.50. The lowest BCUT2D eigenvalue weighted by Gasteiger charge is -2.10. The van der Waals surface area contributed by atoms with Crippen LogP contribution in [-0.2, 0) is 10.0 Å². The number of nitrogens with zero attached hydrogens (tertiary/aromatic N) is 1. The number of hydrogen-bond donors (Lipinski definition) is 2. The molecule has 6 heteroatoms. The summed E-state index contributed by atoms with van der Waals surface area (Å²) in [6.07, 6.45) is 0.746. The summed E-state index contributed by atoms with van der Waals surface area (Å²) in [6, 6.07) is 6.36. The van der Waals surface area contributed by atoms with Gasteiger partial charge in [0.1, 0.15) is 6.61 Å². The van der Waals surface area contributed by atoms with E-state index in [4.69, 9.17) is 5.11 Å². The van der Waals surface area contributed by atoms with Crippen molar-refractivity contribution in [1.82, 2.24) is 9.62 Å². The molecular formula is C14H20N2O3S. The zero-order valence-corrected chi connectivity index (χ0v) is 12.6. The molecule has 0 saturated carbocycles. The van der Waals surface area contributed by atoms with Crippen LogP contribution in [0.5, 0.6) is 0 Å². The van der Waals surface area contributed by atoms with E-state index in [1.807, 2.05) is 19.0 Å². The van der Waals surface area contributed by atoms with Crippen LogP contribution in [0, 0.1) is 11.8 Å². The van der Waals surface area contributed by atoms with E-state index in [2.05, 4.69) is 16.6 Å². The zero-order valence-electron chi connectivity index (χ0n) is 11.8. The van der Waals surface area contributed by atoms with Gasteiger partial charge in [0.05, 0.1) is 4.90 Å². The average molecular weight is 296 g/mol.